The van der Waals surface area contributed by atoms with Gasteiger partial charge in [0.1, 0.15) is 24.4 Å². The molecular formula is C28H45N3O5S2. The van der Waals surface area contributed by atoms with E-state index in [0.717, 1.165) is 0 Å². The lowest BCUT2D eigenvalue weighted by Gasteiger charge is -2.22. The van der Waals surface area contributed by atoms with Crippen LogP contribution in [0.3, 0.4) is 0 Å². The molecule has 0 radical (unpaired) electrons. The minimum atomic E-state index is -0.262. The highest BCUT2D eigenvalue weighted by Gasteiger charge is 2.18. The van der Waals surface area contributed by atoms with Gasteiger partial charge in [-0.2, -0.15) is 0 Å². The lowest BCUT2D eigenvalue weighted by atomic mass is 10.2. The minimum Gasteiger partial charge on any atom is -0.490 e. The first-order chi connectivity index (χ1) is 18.0. The fraction of sp³-hybridized carbons (Fsp3) is 0.643. The molecule has 1 unspecified atom stereocenters. The molecule has 0 fully saturated rings. The summed E-state index contributed by atoms with van der Waals surface area (Å²) in [6, 6.07) is 7.50. The third-order valence-electron chi connectivity index (χ3n) is 4.38. The first kappa shape index (κ1) is 34.1. The Labute approximate surface area is 236 Å². The average molecular weight is 568 g/mol. The number of hydrogen-bond donors (Lipinski definition) is 3. The molecule has 2 amide bonds. The van der Waals surface area contributed by atoms with Gasteiger partial charge in [0.25, 0.3) is 5.91 Å². The van der Waals surface area contributed by atoms with Crippen molar-refractivity contribution in [2.45, 2.75) is 64.7 Å². The van der Waals surface area contributed by atoms with E-state index in [1.54, 1.807) is 39.8 Å². The topological polar surface area (TPSA) is 97.9 Å². The smallest absolute Gasteiger partial charge is 0.251 e. The highest BCUT2D eigenvalue weighted by atomic mass is 33.1. The van der Waals surface area contributed by atoms with Crippen molar-refractivity contribution >= 4 is 33.4 Å². The molecule has 38 heavy (non-hydrogen) atoms. The number of carbonyl (C=O) groups excluding carboxylic acids is 2. The van der Waals surface area contributed by atoms with Gasteiger partial charge >= 0.3 is 0 Å². The van der Waals surface area contributed by atoms with Crippen LogP contribution in [0, 0.1) is 17.8 Å². The van der Waals surface area contributed by atoms with Crippen LogP contribution in [-0.4, -0.2) is 74.1 Å². The lowest BCUT2D eigenvalue weighted by Crippen LogP contribution is -2.34. The number of ether oxygens (including phenoxy) is 3. The van der Waals surface area contributed by atoms with E-state index in [-0.39, 0.29) is 41.1 Å². The molecule has 0 aliphatic rings. The molecule has 1 atom stereocenters. The van der Waals surface area contributed by atoms with E-state index < -0.39 is 0 Å². The van der Waals surface area contributed by atoms with Gasteiger partial charge in [0, 0.05) is 35.4 Å². The van der Waals surface area contributed by atoms with Gasteiger partial charge in [0.15, 0.2) is 0 Å². The van der Waals surface area contributed by atoms with Gasteiger partial charge in [-0.25, -0.2) is 0 Å². The Morgan fingerprint density at radius 2 is 1.82 bits per heavy atom. The molecule has 0 aliphatic carbocycles. The van der Waals surface area contributed by atoms with E-state index in [1.807, 2.05) is 19.9 Å². The number of benzene rings is 1. The molecule has 214 valence electrons. The molecule has 0 aromatic heterocycles. The number of hydrogen-bond acceptors (Lipinski definition) is 8. The maximum absolute atomic E-state index is 12.5. The summed E-state index contributed by atoms with van der Waals surface area (Å²) in [6.07, 6.45) is 0. The summed E-state index contributed by atoms with van der Waals surface area (Å²) in [7, 11) is 3.29. The van der Waals surface area contributed by atoms with E-state index >= 15 is 0 Å². The third kappa shape index (κ3) is 18.4. The summed E-state index contributed by atoms with van der Waals surface area (Å²) < 4.78 is 17.4. The molecule has 1 rings (SSSR count). The molecule has 10 heteroatoms. The summed E-state index contributed by atoms with van der Waals surface area (Å²) in [6.45, 7) is 17.0. The zero-order chi connectivity index (χ0) is 28.4. The Balaban J connectivity index is 2.50. The number of nitrogens with one attached hydrogen (secondary N) is 3. The van der Waals surface area contributed by atoms with Crippen LogP contribution < -0.4 is 20.7 Å². The monoisotopic (exact) mass is 567 g/mol. The molecule has 0 saturated carbocycles. The van der Waals surface area contributed by atoms with Gasteiger partial charge < -0.3 is 30.2 Å². The van der Waals surface area contributed by atoms with Gasteiger partial charge in [0.05, 0.1) is 19.8 Å². The predicted molar refractivity (Wildman–Crippen MR) is 159 cm³/mol. The van der Waals surface area contributed by atoms with E-state index in [2.05, 4.69) is 62.4 Å². The molecule has 1 aromatic rings. The summed E-state index contributed by atoms with van der Waals surface area (Å²) in [4.78, 5) is 24.3. The molecule has 0 aliphatic heterocycles. The van der Waals surface area contributed by atoms with Gasteiger partial charge in [-0.3, -0.25) is 9.59 Å². The quantitative estimate of drug-likeness (QED) is 0.112. The van der Waals surface area contributed by atoms with Gasteiger partial charge in [-0.05, 0) is 18.2 Å². The molecule has 1 aromatic carbocycles. The van der Waals surface area contributed by atoms with Crippen LogP contribution in [0.15, 0.2) is 24.3 Å². The first-order valence-corrected chi connectivity index (χ1v) is 15.2. The highest BCUT2D eigenvalue weighted by Crippen LogP contribution is 2.38. The maximum Gasteiger partial charge on any atom is 0.251 e. The van der Waals surface area contributed by atoms with Crippen LogP contribution in [-0.2, 0) is 14.3 Å². The number of carbonyl (C=O) groups is 2. The Morgan fingerprint density at radius 1 is 1.05 bits per heavy atom. The fourth-order valence-corrected chi connectivity index (χ4v) is 4.88. The van der Waals surface area contributed by atoms with Crippen molar-refractivity contribution < 1.29 is 23.8 Å². The van der Waals surface area contributed by atoms with Crippen LogP contribution in [0.1, 0.15) is 58.8 Å². The minimum absolute atomic E-state index is 0.0415. The van der Waals surface area contributed by atoms with Gasteiger partial charge in [-0.1, -0.05) is 88.0 Å². The van der Waals surface area contributed by atoms with Crippen LogP contribution in [0.5, 0.6) is 5.75 Å². The lowest BCUT2D eigenvalue weighted by molar-refractivity contribution is -0.126. The fourth-order valence-electron chi connectivity index (χ4n) is 2.68. The summed E-state index contributed by atoms with van der Waals surface area (Å²) in [5, 5.41) is 8.89. The van der Waals surface area contributed by atoms with Gasteiger partial charge in [0.2, 0.25) is 5.91 Å². The average Bonchev–Trinajstić information content (AvgIpc) is 2.84. The zero-order valence-corrected chi connectivity index (χ0v) is 25.5. The van der Waals surface area contributed by atoms with Crippen molar-refractivity contribution in [1.82, 2.24) is 16.0 Å². The van der Waals surface area contributed by atoms with E-state index in [1.165, 1.54) is 0 Å². The van der Waals surface area contributed by atoms with Crippen molar-refractivity contribution in [3.63, 3.8) is 0 Å². The van der Waals surface area contributed by atoms with E-state index in [0.29, 0.717) is 50.2 Å². The Bertz CT molecular complexity index is 894. The molecule has 3 N–H and O–H groups in total. The molecule has 0 saturated heterocycles. The molecule has 0 bridgehead atoms. The number of rotatable bonds is 17. The SMILES string of the molecule is CC(C)C#CCNC(=O)COCCOC(COc1cccc(C(=O)NCCNC(C)C)c1)SSC(C)(C)C. The standard InChI is InChI=1S/C28H45N3O5S2/c1-21(2)10-9-13-30-25(32)19-34-16-17-35-26(37-38-28(5,6)7)20-36-24-12-8-11-23(18-24)27(33)31-15-14-29-22(3)4/h8,11-12,18,21-22,26,29H,13-17,19-20H2,1-7H3,(H,30,32)(H,31,33). The van der Waals surface area contributed by atoms with Crippen molar-refractivity contribution in [2.75, 3.05) is 46.1 Å². The Kier molecular flexibility index (Phi) is 17.2. The van der Waals surface area contributed by atoms with Crippen molar-refractivity contribution in [3.8, 4) is 17.6 Å². The van der Waals surface area contributed by atoms with Crippen molar-refractivity contribution in [1.29, 1.82) is 0 Å². The summed E-state index contributed by atoms with van der Waals surface area (Å²) >= 11 is 0. The molecule has 0 heterocycles. The zero-order valence-electron chi connectivity index (χ0n) is 23.8. The van der Waals surface area contributed by atoms with Crippen molar-refractivity contribution in [3.05, 3.63) is 29.8 Å². The number of amides is 2. The van der Waals surface area contributed by atoms with Crippen LogP contribution in [0.2, 0.25) is 0 Å². The summed E-state index contributed by atoms with van der Waals surface area (Å²) in [5.74, 6) is 6.43. The third-order valence-corrected chi connectivity index (χ3v) is 7.90. The van der Waals surface area contributed by atoms with Crippen LogP contribution in [0.4, 0.5) is 0 Å². The largest absolute Gasteiger partial charge is 0.490 e. The Hall–Kier alpha value is -1.90. The molecule has 8 nitrogen and oxygen atoms in total. The molecular weight excluding hydrogens is 522 g/mol. The summed E-state index contributed by atoms with van der Waals surface area (Å²) in [5.41, 5.74) is 0.283. The van der Waals surface area contributed by atoms with Gasteiger partial charge in [-0.15, -0.1) is 0 Å². The van der Waals surface area contributed by atoms with E-state index in [4.69, 9.17) is 14.2 Å². The second-order valence-corrected chi connectivity index (χ2v) is 13.3. The first-order valence-electron chi connectivity index (χ1n) is 13.0. The molecule has 0 spiro atoms. The predicted octanol–water partition coefficient (Wildman–Crippen LogP) is 4.11. The second kappa shape index (κ2) is 19.2. The van der Waals surface area contributed by atoms with Crippen LogP contribution >= 0.6 is 21.6 Å². The van der Waals surface area contributed by atoms with E-state index in [9.17, 15) is 9.59 Å². The normalized spacial score (nSPS) is 12.1. The van der Waals surface area contributed by atoms with Crippen LogP contribution in [0.25, 0.3) is 0 Å². The maximum atomic E-state index is 12.5. The highest BCUT2D eigenvalue weighted by molar-refractivity contribution is 8.77. The van der Waals surface area contributed by atoms with Crippen molar-refractivity contribution in [2.24, 2.45) is 5.92 Å². The Morgan fingerprint density at radius 3 is 2.50 bits per heavy atom. The second-order valence-electron chi connectivity index (χ2n) is 10.1.